The van der Waals surface area contributed by atoms with Gasteiger partial charge in [0, 0.05) is 31.3 Å². The Hall–Kier alpha value is -3.56. The number of fused-ring (bicyclic) bond motifs is 2. The van der Waals surface area contributed by atoms with Crippen LogP contribution in [0.1, 0.15) is 41.4 Å². The lowest BCUT2D eigenvalue weighted by atomic mass is 9.96. The van der Waals surface area contributed by atoms with E-state index >= 15 is 0 Å². The molecule has 0 amide bonds. The SMILES string of the molecule is COc1ccc2cc([C@H](c3nnnn3C[C@H]3CCCO3)N3CCc4ccccc4C3)c(=O)[nH]c2c1. The smallest absolute Gasteiger partial charge is 0.253 e. The Kier molecular flexibility index (Phi) is 5.79. The summed E-state index contributed by atoms with van der Waals surface area (Å²) < 4.78 is 13.0. The number of tetrazole rings is 1. The molecule has 4 heterocycles. The van der Waals surface area contributed by atoms with Crippen LogP contribution >= 0.6 is 0 Å². The van der Waals surface area contributed by atoms with Crippen LogP contribution in [0.25, 0.3) is 10.9 Å². The normalized spacial score (nSPS) is 19.1. The van der Waals surface area contributed by atoms with E-state index in [1.165, 1.54) is 11.1 Å². The molecule has 180 valence electrons. The second-order valence-corrected chi connectivity index (χ2v) is 9.25. The van der Waals surface area contributed by atoms with E-state index in [0.717, 1.165) is 43.3 Å². The van der Waals surface area contributed by atoms with Gasteiger partial charge in [0.1, 0.15) is 11.8 Å². The van der Waals surface area contributed by atoms with Crippen molar-refractivity contribution < 1.29 is 9.47 Å². The van der Waals surface area contributed by atoms with Gasteiger partial charge in [0.25, 0.3) is 5.56 Å². The van der Waals surface area contributed by atoms with E-state index in [1.54, 1.807) is 7.11 Å². The molecule has 6 rings (SSSR count). The Balaban J connectivity index is 1.45. The van der Waals surface area contributed by atoms with E-state index in [1.807, 2.05) is 28.9 Å². The number of nitrogens with zero attached hydrogens (tertiary/aromatic N) is 5. The summed E-state index contributed by atoms with van der Waals surface area (Å²) in [5.74, 6) is 1.36. The molecule has 35 heavy (non-hydrogen) atoms. The van der Waals surface area contributed by atoms with Crippen LogP contribution in [0, 0.1) is 0 Å². The lowest BCUT2D eigenvalue weighted by Gasteiger charge is -2.35. The van der Waals surface area contributed by atoms with Crippen LogP contribution in [-0.4, -0.2) is 56.5 Å². The molecule has 2 aromatic carbocycles. The van der Waals surface area contributed by atoms with Gasteiger partial charge in [-0.2, -0.15) is 0 Å². The number of methoxy groups -OCH3 is 1. The predicted molar refractivity (Wildman–Crippen MR) is 130 cm³/mol. The highest BCUT2D eigenvalue weighted by Crippen LogP contribution is 2.32. The largest absolute Gasteiger partial charge is 0.497 e. The lowest BCUT2D eigenvalue weighted by Crippen LogP contribution is -2.39. The topological polar surface area (TPSA) is 98.2 Å². The number of aromatic amines is 1. The number of rotatable bonds is 6. The summed E-state index contributed by atoms with van der Waals surface area (Å²) in [5, 5.41) is 13.7. The average Bonchev–Trinajstić information content (AvgIpc) is 3.57. The fraction of sp³-hybridized carbons (Fsp3) is 0.385. The number of H-pyrrole nitrogens is 1. The van der Waals surface area contributed by atoms with Crippen molar-refractivity contribution in [1.82, 2.24) is 30.1 Å². The third kappa shape index (κ3) is 4.21. The number of ether oxygens (including phenoxy) is 2. The van der Waals surface area contributed by atoms with Crippen LogP contribution in [0.5, 0.6) is 5.75 Å². The molecular formula is C26H28N6O3. The zero-order valence-electron chi connectivity index (χ0n) is 19.7. The molecule has 2 atom stereocenters. The molecule has 1 fully saturated rings. The first kappa shape index (κ1) is 21.9. The number of aromatic nitrogens is 5. The minimum atomic E-state index is -0.394. The molecule has 2 aliphatic heterocycles. The number of nitrogens with one attached hydrogen (secondary N) is 1. The molecule has 9 heteroatoms. The molecule has 2 aliphatic rings. The lowest BCUT2D eigenvalue weighted by molar-refractivity contribution is 0.0904. The molecule has 2 aromatic heterocycles. The minimum absolute atomic E-state index is 0.0855. The maximum absolute atomic E-state index is 13.5. The van der Waals surface area contributed by atoms with Gasteiger partial charge in [-0.3, -0.25) is 9.69 Å². The summed E-state index contributed by atoms with van der Waals surface area (Å²) in [6.45, 7) is 2.86. The Morgan fingerprint density at radius 3 is 2.91 bits per heavy atom. The van der Waals surface area contributed by atoms with Crippen molar-refractivity contribution in [2.45, 2.75) is 44.5 Å². The Bertz CT molecular complexity index is 1410. The van der Waals surface area contributed by atoms with E-state index in [9.17, 15) is 4.79 Å². The third-order valence-corrected chi connectivity index (χ3v) is 7.11. The van der Waals surface area contributed by atoms with Gasteiger partial charge in [0.2, 0.25) is 0 Å². The third-order valence-electron chi connectivity index (χ3n) is 7.11. The van der Waals surface area contributed by atoms with Crippen molar-refractivity contribution in [2.24, 2.45) is 0 Å². The highest BCUT2D eigenvalue weighted by Gasteiger charge is 2.33. The van der Waals surface area contributed by atoms with Gasteiger partial charge in [0.15, 0.2) is 5.82 Å². The van der Waals surface area contributed by atoms with Gasteiger partial charge in [0.05, 0.1) is 25.3 Å². The molecule has 4 aromatic rings. The van der Waals surface area contributed by atoms with Crippen molar-refractivity contribution in [3.8, 4) is 5.75 Å². The molecule has 0 unspecified atom stereocenters. The molecule has 0 saturated carbocycles. The van der Waals surface area contributed by atoms with Gasteiger partial charge in [-0.25, -0.2) is 4.68 Å². The average molecular weight is 473 g/mol. The molecule has 0 bridgehead atoms. The molecule has 0 radical (unpaired) electrons. The van der Waals surface area contributed by atoms with Crippen LogP contribution in [-0.2, 0) is 24.2 Å². The fourth-order valence-electron chi connectivity index (χ4n) is 5.28. The summed E-state index contributed by atoms with van der Waals surface area (Å²) in [7, 11) is 1.62. The van der Waals surface area contributed by atoms with Gasteiger partial charge in [-0.05, 0) is 64.4 Å². The van der Waals surface area contributed by atoms with Crippen molar-refractivity contribution in [3.63, 3.8) is 0 Å². The Morgan fingerprint density at radius 2 is 2.09 bits per heavy atom. The van der Waals surface area contributed by atoms with Crippen molar-refractivity contribution in [3.05, 3.63) is 81.4 Å². The first-order valence-electron chi connectivity index (χ1n) is 12.1. The second-order valence-electron chi connectivity index (χ2n) is 9.25. The number of hydrogen-bond acceptors (Lipinski definition) is 7. The molecule has 0 aliphatic carbocycles. The van der Waals surface area contributed by atoms with Crippen LogP contribution < -0.4 is 10.3 Å². The maximum Gasteiger partial charge on any atom is 0.253 e. The van der Waals surface area contributed by atoms with Crippen LogP contribution in [0.3, 0.4) is 0 Å². The highest BCUT2D eigenvalue weighted by atomic mass is 16.5. The molecule has 9 nitrogen and oxygen atoms in total. The standard InChI is InChI=1S/C26H28N6O3/c1-34-20-9-8-18-13-22(26(33)27-23(18)14-20)24(31-11-10-17-5-2-3-6-19(17)15-31)25-28-29-30-32(25)16-21-7-4-12-35-21/h2-3,5-6,8-9,13-14,21,24H,4,7,10-12,15-16H2,1H3,(H,27,33)/t21-,24-/m1/s1. The monoisotopic (exact) mass is 472 g/mol. The van der Waals surface area contributed by atoms with Gasteiger partial charge in [-0.15, -0.1) is 5.10 Å². The summed E-state index contributed by atoms with van der Waals surface area (Å²) in [6, 6.07) is 15.8. The van der Waals surface area contributed by atoms with Gasteiger partial charge >= 0.3 is 0 Å². The Morgan fingerprint density at radius 1 is 1.20 bits per heavy atom. The molecular weight excluding hydrogens is 444 g/mol. The minimum Gasteiger partial charge on any atom is -0.497 e. The van der Waals surface area contributed by atoms with Crippen molar-refractivity contribution in [2.75, 3.05) is 20.3 Å². The summed E-state index contributed by atoms with van der Waals surface area (Å²) in [5.41, 5.74) is 3.83. The van der Waals surface area contributed by atoms with Crippen LogP contribution in [0.15, 0.2) is 53.3 Å². The van der Waals surface area contributed by atoms with E-state index in [2.05, 4.69) is 49.7 Å². The van der Waals surface area contributed by atoms with Crippen molar-refractivity contribution >= 4 is 10.9 Å². The summed E-state index contributed by atoms with van der Waals surface area (Å²) in [6.07, 6.45) is 3.02. The van der Waals surface area contributed by atoms with Crippen LogP contribution in [0.4, 0.5) is 0 Å². The van der Waals surface area contributed by atoms with Crippen molar-refractivity contribution in [1.29, 1.82) is 0 Å². The van der Waals surface area contributed by atoms with E-state index < -0.39 is 6.04 Å². The van der Waals surface area contributed by atoms with Gasteiger partial charge < -0.3 is 14.5 Å². The zero-order valence-corrected chi connectivity index (χ0v) is 19.7. The predicted octanol–water partition coefficient (Wildman–Crippen LogP) is 2.85. The van der Waals surface area contributed by atoms with E-state index in [-0.39, 0.29) is 11.7 Å². The summed E-state index contributed by atoms with van der Waals surface area (Å²) >= 11 is 0. The fourth-order valence-corrected chi connectivity index (χ4v) is 5.28. The highest BCUT2D eigenvalue weighted by molar-refractivity contribution is 5.80. The summed E-state index contributed by atoms with van der Waals surface area (Å²) in [4.78, 5) is 18.9. The molecule has 1 saturated heterocycles. The first-order valence-corrected chi connectivity index (χ1v) is 12.1. The number of benzene rings is 2. The first-order chi connectivity index (χ1) is 17.2. The zero-order chi connectivity index (χ0) is 23.8. The van der Waals surface area contributed by atoms with E-state index in [4.69, 9.17) is 9.47 Å². The Labute approximate surface area is 202 Å². The number of pyridine rings is 1. The van der Waals surface area contributed by atoms with Crippen LogP contribution in [0.2, 0.25) is 0 Å². The van der Waals surface area contributed by atoms with E-state index in [0.29, 0.717) is 30.2 Å². The number of hydrogen-bond donors (Lipinski definition) is 1. The molecule has 0 spiro atoms. The van der Waals surface area contributed by atoms with Gasteiger partial charge in [-0.1, -0.05) is 24.3 Å². The maximum atomic E-state index is 13.5. The molecule has 1 N–H and O–H groups in total. The quantitative estimate of drug-likeness (QED) is 0.461. The second kappa shape index (κ2) is 9.24.